The summed E-state index contributed by atoms with van der Waals surface area (Å²) in [6.45, 7) is 0.802. The molecule has 0 radical (unpaired) electrons. The van der Waals surface area contributed by atoms with Crippen LogP contribution >= 0.6 is 0 Å². The van der Waals surface area contributed by atoms with Crippen molar-refractivity contribution in [2.24, 2.45) is 0 Å². The van der Waals surface area contributed by atoms with Gasteiger partial charge in [-0.15, -0.1) is 0 Å². The molecule has 4 rings (SSSR count). The molecule has 4 heterocycles. The number of rotatable bonds is 3. The number of hydrogen-bond acceptors (Lipinski definition) is 9. The van der Waals surface area contributed by atoms with Crippen molar-refractivity contribution in [3.05, 3.63) is 40.2 Å². The van der Waals surface area contributed by atoms with Crippen molar-refractivity contribution in [2.75, 3.05) is 18.0 Å². The normalized spacial score (nSPS) is 27.0. The smallest absolute Gasteiger partial charge is 0.351 e. The summed E-state index contributed by atoms with van der Waals surface area (Å²) < 4.78 is 35.1. The minimum absolute atomic E-state index is 0.0146. The Hall–Kier alpha value is -2.70. The van der Waals surface area contributed by atoms with Gasteiger partial charge in [-0.05, 0) is 6.07 Å². The van der Waals surface area contributed by atoms with Gasteiger partial charge in [-0.2, -0.15) is 13.8 Å². The Morgan fingerprint density at radius 2 is 2.11 bits per heavy atom. The molecule has 0 spiro atoms. The van der Waals surface area contributed by atoms with E-state index in [0.717, 1.165) is 11.8 Å². The lowest BCUT2D eigenvalue weighted by molar-refractivity contribution is -0.140. The van der Waals surface area contributed by atoms with E-state index in [-0.39, 0.29) is 18.3 Å². The average Bonchev–Trinajstić information content (AvgIpc) is 3.08. The molecule has 2 aliphatic rings. The fourth-order valence-corrected chi connectivity index (χ4v) is 3.34. The van der Waals surface area contributed by atoms with Gasteiger partial charge in [0.05, 0.1) is 5.69 Å². The number of hydrogen-bond donors (Lipinski definition) is 3. The van der Waals surface area contributed by atoms with Crippen molar-refractivity contribution in [1.29, 1.82) is 0 Å². The monoisotopic (exact) mass is 381 g/mol. The Balaban J connectivity index is 1.53. The maximum absolute atomic E-state index is 14.6. The molecule has 10 nitrogen and oxygen atoms in total. The highest BCUT2D eigenvalue weighted by molar-refractivity contribution is 5.28. The average molecular weight is 381 g/mol. The first-order valence-corrected chi connectivity index (χ1v) is 8.14. The first-order valence-electron chi connectivity index (χ1n) is 8.14. The maximum atomic E-state index is 14.6. The molecule has 5 N–H and O–H groups in total. The molecule has 2 aromatic rings. The minimum atomic E-state index is -3.68. The van der Waals surface area contributed by atoms with Crippen LogP contribution in [0.5, 0.6) is 0 Å². The fraction of sp³-hybridized carbons (Fsp3) is 0.467. The number of fused-ring (bicyclic) bond motifs is 1. The predicted octanol–water partition coefficient (Wildman–Crippen LogP) is -0.893. The Morgan fingerprint density at radius 3 is 2.85 bits per heavy atom. The Labute approximate surface area is 151 Å². The molecule has 0 bridgehead atoms. The summed E-state index contributed by atoms with van der Waals surface area (Å²) in [6.07, 6.45) is -2.62. The third kappa shape index (κ3) is 3.01. The number of nitrogens with zero attached hydrogens (tertiary/aromatic N) is 5. The van der Waals surface area contributed by atoms with Crippen LogP contribution in [0.2, 0.25) is 0 Å². The van der Waals surface area contributed by atoms with Crippen LogP contribution in [-0.2, 0) is 17.8 Å². The highest BCUT2D eigenvalue weighted by Gasteiger charge is 2.59. The van der Waals surface area contributed by atoms with Crippen LogP contribution in [0.25, 0.3) is 0 Å². The van der Waals surface area contributed by atoms with Crippen molar-refractivity contribution in [2.45, 2.75) is 37.4 Å². The van der Waals surface area contributed by atoms with Crippen LogP contribution in [0.1, 0.15) is 17.5 Å². The first-order chi connectivity index (χ1) is 12.8. The van der Waals surface area contributed by atoms with Gasteiger partial charge in [0.15, 0.2) is 0 Å². The molecule has 1 fully saturated rings. The lowest BCUT2D eigenvalue weighted by atomic mass is 10.1. The van der Waals surface area contributed by atoms with Gasteiger partial charge in [0.25, 0.3) is 0 Å². The molecule has 2 aliphatic heterocycles. The van der Waals surface area contributed by atoms with Gasteiger partial charge in [-0.25, -0.2) is 14.8 Å². The van der Waals surface area contributed by atoms with Crippen molar-refractivity contribution < 1.29 is 18.6 Å². The highest BCUT2D eigenvalue weighted by Crippen LogP contribution is 2.42. The van der Waals surface area contributed by atoms with Crippen LogP contribution in [0, 0.1) is 0 Å². The van der Waals surface area contributed by atoms with Crippen molar-refractivity contribution in [3.8, 4) is 0 Å². The van der Waals surface area contributed by atoms with Gasteiger partial charge in [-0.3, -0.25) is 9.47 Å². The number of ether oxygens (including phenoxy) is 1. The topological polar surface area (TPSA) is 145 Å². The molecule has 3 atom stereocenters. The van der Waals surface area contributed by atoms with Gasteiger partial charge in [0.2, 0.25) is 12.2 Å². The van der Waals surface area contributed by atoms with E-state index in [1.165, 1.54) is 6.07 Å². The van der Waals surface area contributed by atoms with Crippen LogP contribution in [-0.4, -0.2) is 54.2 Å². The first kappa shape index (κ1) is 17.7. The molecule has 0 aromatic carbocycles. The molecule has 0 saturated carbocycles. The van der Waals surface area contributed by atoms with E-state index in [1.54, 1.807) is 11.1 Å². The fourth-order valence-electron chi connectivity index (χ4n) is 3.34. The van der Waals surface area contributed by atoms with E-state index in [9.17, 15) is 18.7 Å². The SMILES string of the molecule is Nc1ccn([C@@H]2O[C@H](CN3Cc4cnc(N)nc4C3)[C@@H](O)C2(F)F)c(=O)n1. The van der Waals surface area contributed by atoms with Crippen LogP contribution in [0.15, 0.2) is 23.3 Å². The Bertz CT molecular complexity index is 938. The van der Waals surface area contributed by atoms with Crippen LogP contribution < -0.4 is 17.2 Å². The molecule has 12 heteroatoms. The number of halogens is 2. The highest BCUT2D eigenvalue weighted by atomic mass is 19.3. The summed E-state index contributed by atoms with van der Waals surface area (Å²) in [6, 6.07) is 1.21. The summed E-state index contributed by atoms with van der Waals surface area (Å²) in [5, 5.41) is 10.1. The number of nitrogen functional groups attached to an aromatic ring is 2. The van der Waals surface area contributed by atoms with Crippen molar-refractivity contribution in [1.82, 2.24) is 24.4 Å². The van der Waals surface area contributed by atoms with E-state index >= 15 is 0 Å². The lowest BCUT2D eigenvalue weighted by Crippen LogP contribution is -2.43. The van der Waals surface area contributed by atoms with E-state index in [1.807, 2.05) is 0 Å². The van der Waals surface area contributed by atoms with Gasteiger partial charge in [0, 0.05) is 37.6 Å². The van der Waals surface area contributed by atoms with E-state index in [4.69, 9.17) is 16.2 Å². The predicted molar refractivity (Wildman–Crippen MR) is 88.3 cm³/mol. The van der Waals surface area contributed by atoms with Gasteiger partial charge < -0.3 is 21.3 Å². The quantitative estimate of drug-likeness (QED) is 0.616. The van der Waals surface area contributed by atoms with Crippen LogP contribution in [0.4, 0.5) is 20.5 Å². The molecule has 1 saturated heterocycles. The van der Waals surface area contributed by atoms with Gasteiger partial charge in [0.1, 0.15) is 18.0 Å². The minimum Gasteiger partial charge on any atom is -0.384 e. The lowest BCUT2D eigenvalue weighted by Gasteiger charge is -2.21. The van der Waals surface area contributed by atoms with E-state index in [0.29, 0.717) is 23.4 Å². The molecule has 27 heavy (non-hydrogen) atoms. The number of aliphatic hydroxyl groups excluding tert-OH is 1. The summed E-state index contributed by atoms with van der Waals surface area (Å²) in [4.78, 5) is 25.1. The zero-order valence-corrected chi connectivity index (χ0v) is 14.0. The van der Waals surface area contributed by atoms with E-state index < -0.39 is 30.0 Å². The second-order valence-electron chi connectivity index (χ2n) is 6.56. The van der Waals surface area contributed by atoms with Crippen LogP contribution in [0.3, 0.4) is 0 Å². The van der Waals surface area contributed by atoms with Gasteiger partial charge in [-0.1, -0.05) is 0 Å². The molecule has 2 aromatic heterocycles. The number of anilines is 2. The van der Waals surface area contributed by atoms with Gasteiger partial charge >= 0.3 is 11.6 Å². The number of alkyl halides is 2. The Morgan fingerprint density at radius 1 is 1.33 bits per heavy atom. The number of aromatic nitrogens is 4. The molecular formula is C15H17F2N7O3. The molecule has 0 unspecified atom stereocenters. The van der Waals surface area contributed by atoms with Crippen molar-refractivity contribution in [3.63, 3.8) is 0 Å². The van der Waals surface area contributed by atoms with E-state index in [2.05, 4.69) is 15.0 Å². The molecule has 144 valence electrons. The molecular weight excluding hydrogens is 364 g/mol. The number of nitrogens with two attached hydrogens (primary N) is 2. The molecule has 0 aliphatic carbocycles. The second kappa shape index (κ2) is 6.18. The zero-order valence-electron chi connectivity index (χ0n) is 14.0. The zero-order chi connectivity index (χ0) is 19.3. The summed E-state index contributed by atoms with van der Waals surface area (Å²) in [5.74, 6) is -3.64. The second-order valence-corrected chi connectivity index (χ2v) is 6.56. The maximum Gasteiger partial charge on any atom is 0.351 e. The number of aliphatic hydroxyl groups is 1. The molecule has 0 amide bonds. The summed E-state index contributed by atoms with van der Waals surface area (Å²) in [7, 11) is 0. The largest absolute Gasteiger partial charge is 0.384 e. The summed E-state index contributed by atoms with van der Waals surface area (Å²) in [5.41, 5.74) is 11.5. The Kier molecular flexibility index (Phi) is 4.05. The summed E-state index contributed by atoms with van der Waals surface area (Å²) >= 11 is 0. The standard InChI is InChI=1S/C15H17F2N7O3/c16-15(17)11(25)9(27-12(15)24-2-1-10(18)22-14(24)26)6-23-4-7-3-20-13(19)21-8(7)5-23/h1-3,9,11-12,25H,4-6H2,(H2,18,22,26)(H2,19,20,21)/t9-,11-,12-/m1/s1. The third-order valence-corrected chi connectivity index (χ3v) is 4.66. The third-order valence-electron chi connectivity index (χ3n) is 4.66. The van der Waals surface area contributed by atoms with Crippen molar-refractivity contribution >= 4 is 11.8 Å².